The van der Waals surface area contributed by atoms with Crippen LogP contribution in [0.25, 0.3) is 11.3 Å². The maximum atomic E-state index is 12.2. The number of halogens is 2. The average Bonchev–Trinajstić information content (AvgIpc) is 3.32. The number of hydrazone groups is 1. The van der Waals surface area contributed by atoms with Gasteiger partial charge in [-0.3, -0.25) is 4.79 Å². The summed E-state index contributed by atoms with van der Waals surface area (Å²) in [5, 5.41) is 4.83. The highest BCUT2D eigenvalue weighted by Gasteiger charge is 2.16. The first kappa shape index (κ1) is 17.5. The molecule has 0 saturated carbocycles. The molecule has 3 aromatic rings. The van der Waals surface area contributed by atoms with E-state index in [0.29, 0.717) is 38.6 Å². The smallest absolute Gasteiger partial charge is 0.271 e. The Morgan fingerprint density at radius 3 is 2.70 bits per heavy atom. The highest BCUT2D eigenvalue weighted by Crippen LogP contribution is 2.32. The molecule has 0 bridgehead atoms. The van der Waals surface area contributed by atoms with Crippen LogP contribution in [0.15, 0.2) is 58.0 Å². The van der Waals surface area contributed by atoms with Crippen LogP contribution in [0.1, 0.15) is 16.1 Å². The summed E-state index contributed by atoms with van der Waals surface area (Å²) in [4.78, 5) is 12.2. The van der Waals surface area contributed by atoms with Crippen LogP contribution < -0.4 is 14.9 Å². The minimum Gasteiger partial charge on any atom is -0.455 e. The number of hydrogen-bond acceptors (Lipinski definition) is 5. The second-order valence-corrected chi connectivity index (χ2v) is 6.41. The van der Waals surface area contributed by atoms with Crippen molar-refractivity contribution < 1.29 is 18.7 Å². The number of amides is 1. The lowest BCUT2D eigenvalue weighted by Crippen LogP contribution is -2.17. The molecule has 1 N–H and O–H groups in total. The second kappa shape index (κ2) is 7.34. The monoisotopic (exact) mass is 402 g/mol. The largest absolute Gasteiger partial charge is 0.455 e. The molecule has 1 amide bonds. The van der Waals surface area contributed by atoms with Gasteiger partial charge in [-0.05, 0) is 48.5 Å². The van der Waals surface area contributed by atoms with E-state index >= 15 is 0 Å². The van der Waals surface area contributed by atoms with Crippen LogP contribution in [0.3, 0.4) is 0 Å². The van der Waals surface area contributed by atoms with Crippen molar-refractivity contribution in [2.24, 2.45) is 5.10 Å². The summed E-state index contributed by atoms with van der Waals surface area (Å²) < 4.78 is 16.1. The molecule has 2 aromatic carbocycles. The molecule has 0 unspecified atom stereocenters. The van der Waals surface area contributed by atoms with Crippen molar-refractivity contribution in [3.05, 3.63) is 69.9 Å². The first-order valence-corrected chi connectivity index (χ1v) is 8.64. The lowest BCUT2D eigenvalue weighted by Gasteiger charge is -2.01. The number of carbonyl (C=O) groups excluding carboxylic acids is 1. The van der Waals surface area contributed by atoms with Crippen molar-refractivity contribution in [3.63, 3.8) is 0 Å². The van der Waals surface area contributed by atoms with Gasteiger partial charge in [0.2, 0.25) is 6.79 Å². The van der Waals surface area contributed by atoms with Gasteiger partial charge in [0.1, 0.15) is 11.5 Å². The van der Waals surface area contributed by atoms with E-state index in [1.807, 2.05) is 0 Å². The Morgan fingerprint density at radius 1 is 1.00 bits per heavy atom. The van der Waals surface area contributed by atoms with Crippen molar-refractivity contribution in [2.45, 2.75) is 0 Å². The fourth-order valence-electron chi connectivity index (χ4n) is 2.48. The Balaban J connectivity index is 1.42. The van der Waals surface area contributed by atoms with Crippen molar-refractivity contribution in [3.8, 4) is 22.8 Å². The lowest BCUT2D eigenvalue weighted by molar-refractivity contribution is 0.0954. The van der Waals surface area contributed by atoms with E-state index < -0.39 is 0 Å². The van der Waals surface area contributed by atoms with Crippen LogP contribution in [-0.4, -0.2) is 18.9 Å². The van der Waals surface area contributed by atoms with E-state index in [2.05, 4.69) is 10.5 Å². The molecule has 6 nitrogen and oxygen atoms in total. The molecular formula is C19H12Cl2N2O4. The summed E-state index contributed by atoms with van der Waals surface area (Å²) in [5.41, 5.74) is 3.63. The third kappa shape index (κ3) is 3.77. The molecule has 0 aliphatic carbocycles. The summed E-state index contributed by atoms with van der Waals surface area (Å²) in [6.45, 7) is 0.151. The van der Waals surface area contributed by atoms with Gasteiger partial charge in [-0.25, -0.2) is 5.43 Å². The van der Waals surface area contributed by atoms with Gasteiger partial charge in [0.15, 0.2) is 11.5 Å². The zero-order chi connectivity index (χ0) is 18.8. The zero-order valence-corrected chi connectivity index (χ0v) is 15.3. The van der Waals surface area contributed by atoms with E-state index in [0.717, 1.165) is 5.56 Å². The molecule has 136 valence electrons. The van der Waals surface area contributed by atoms with Crippen molar-refractivity contribution in [1.82, 2.24) is 5.43 Å². The molecule has 0 fully saturated rings. The Morgan fingerprint density at radius 2 is 1.85 bits per heavy atom. The standard InChI is InChI=1S/C19H12Cl2N2O4/c20-14-4-1-11(7-15(14)21)16-6-3-13(27-16)9-22-23-19(24)12-2-5-17-18(8-12)26-10-25-17/h1-9H,10H2,(H,23,24)/b22-9-. The summed E-state index contributed by atoms with van der Waals surface area (Å²) in [7, 11) is 0. The Hall–Kier alpha value is -2.96. The second-order valence-electron chi connectivity index (χ2n) is 5.60. The number of nitrogens with one attached hydrogen (secondary N) is 1. The van der Waals surface area contributed by atoms with Gasteiger partial charge >= 0.3 is 0 Å². The minimum absolute atomic E-state index is 0.151. The molecule has 4 rings (SSSR count). The SMILES string of the molecule is O=C(N/N=C\c1ccc(-c2ccc(Cl)c(Cl)c2)o1)c1ccc2c(c1)OCO2. The topological polar surface area (TPSA) is 73.1 Å². The van der Waals surface area contributed by atoms with Crippen LogP contribution in [-0.2, 0) is 0 Å². The van der Waals surface area contributed by atoms with Crippen LogP contribution in [0.4, 0.5) is 0 Å². The fourth-order valence-corrected chi connectivity index (χ4v) is 2.78. The van der Waals surface area contributed by atoms with Crippen LogP contribution in [0, 0.1) is 0 Å². The first-order chi connectivity index (χ1) is 13.1. The van der Waals surface area contributed by atoms with Crippen molar-refractivity contribution in [2.75, 3.05) is 6.79 Å². The quantitative estimate of drug-likeness (QED) is 0.504. The van der Waals surface area contributed by atoms with E-state index in [4.69, 9.17) is 37.1 Å². The molecule has 1 aliphatic rings. The van der Waals surface area contributed by atoms with Gasteiger partial charge < -0.3 is 13.9 Å². The number of nitrogens with zero attached hydrogens (tertiary/aromatic N) is 1. The van der Waals surface area contributed by atoms with Gasteiger partial charge in [0, 0.05) is 11.1 Å². The maximum Gasteiger partial charge on any atom is 0.271 e. The number of ether oxygens (including phenoxy) is 2. The number of benzene rings is 2. The van der Waals surface area contributed by atoms with E-state index in [1.165, 1.54) is 6.21 Å². The molecule has 1 aromatic heterocycles. The normalized spacial score (nSPS) is 12.5. The predicted molar refractivity (Wildman–Crippen MR) is 102 cm³/mol. The number of hydrogen-bond donors (Lipinski definition) is 1. The third-order valence-corrected chi connectivity index (χ3v) is 4.56. The number of furan rings is 1. The fraction of sp³-hybridized carbons (Fsp3) is 0.0526. The van der Waals surface area contributed by atoms with Gasteiger partial charge in [0.25, 0.3) is 5.91 Å². The van der Waals surface area contributed by atoms with E-state index in [1.54, 1.807) is 48.5 Å². The van der Waals surface area contributed by atoms with Gasteiger partial charge in [0.05, 0.1) is 16.3 Å². The van der Waals surface area contributed by atoms with Crippen LogP contribution >= 0.6 is 23.2 Å². The Bertz CT molecular complexity index is 1050. The molecule has 1 aliphatic heterocycles. The molecule has 8 heteroatoms. The Labute approximate surface area is 164 Å². The number of fused-ring (bicyclic) bond motifs is 1. The minimum atomic E-state index is -0.374. The Kier molecular flexibility index (Phi) is 4.75. The van der Waals surface area contributed by atoms with Crippen molar-refractivity contribution in [1.29, 1.82) is 0 Å². The molecule has 0 saturated heterocycles. The summed E-state index contributed by atoms with van der Waals surface area (Å²) in [6.07, 6.45) is 1.41. The third-order valence-electron chi connectivity index (χ3n) is 3.82. The van der Waals surface area contributed by atoms with Gasteiger partial charge in [-0.2, -0.15) is 5.10 Å². The lowest BCUT2D eigenvalue weighted by atomic mass is 10.2. The number of rotatable bonds is 4. The molecule has 2 heterocycles. The van der Waals surface area contributed by atoms with Gasteiger partial charge in [-0.1, -0.05) is 23.2 Å². The summed E-state index contributed by atoms with van der Waals surface area (Å²) >= 11 is 11.9. The van der Waals surface area contributed by atoms with E-state index in [9.17, 15) is 4.79 Å². The first-order valence-electron chi connectivity index (χ1n) is 7.88. The maximum absolute atomic E-state index is 12.2. The molecule has 27 heavy (non-hydrogen) atoms. The highest BCUT2D eigenvalue weighted by molar-refractivity contribution is 6.42. The molecular weight excluding hydrogens is 391 g/mol. The highest BCUT2D eigenvalue weighted by atomic mass is 35.5. The number of carbonyl (C=O) groups is 1. The molecule has 0 atom stereocenters. The predicted octanol–water partition coefficient (Wildman–Crippen LogP) is 4.75. The van der Waals surface area contributed by atoms with Crippen LogP contribution in [0.5, 0.6) is 11.5 Å². The average molecular weight is 403 g/mol. The summed E-state index contributed by atoms with van der Waals surface area (Å²) in [5.74, 6) is 1.85. The van der Waals surface area contributed by atoms with Crippen molar-refractivity contribution >= 4 is 35.3 Å². The summed E-state index contributed by atoms with van der Waals surface area (Å²) in [6, 6.07) is 13.6. The van der Waals surface area contributed by atoms with E-state index in [-0.39, 0.29) is 12.7 Å². The van der Waals surface area contributed by atoms with Crippen LogP contribution in [0.2, 0.25) is 10.0 Å². The zero-order valence-electron chi connectivity index (χ0n) is 13.7. The molecule has 0 radical (unpaired) electrons. The molecule has 0 spiro atoms. The van der Waals surface area contributed by atoms with Gasteiger partial charge in [-0.15, -0.1) is 0 Å².